The van der Waals surface area contributed by atoms with Crippen molar-refractivity contribution in [2.75, 3.05) is 20.6 Å². The quantitative estimate of drug-likeness (QED) is 0.332. The van der Waals surface area contributed by atoms with E-state index in [0.717, 1.165) is 4.88 Å². The maximum Gasteiger partial charge on any atom is 0.249 e. The van der Waals surface area contributed by atoms with Crippen LogP contribution in [0.4, 0.5) is 0 Å². The molecular weight excluding hydrogens is 410 g/mol. The molecule has 1 aromatic heterocycles. The van der Waals surface area contributed by atoms with Crippen molar-refractivity contribution in [1.82, 2.24) is 16.0 Å². The third-order valence-corrected chi connectivity index (χ3v) is 7.45. The zero-order chi connectivity index (χ0) is 21.5. The molecule has 6 N–H and O–H groups in total. The van der Waals surface area contributed by atoms with E-state index in [9.17, 15) is 15.3 Å². The third-order valence-electron chi connectivity index (χ3n) is 6.57. The van der Waals surface area contributed by atoms with E-state index >= 15 is 0 Å². The molecule has 0 amide bonds. The first-order valence-electron chi connectivity index (χ1n) is 10.5. The Hall–Kier alpha value is -0.660. The van der Waals surface area contributed by atoms with Gasteiger partial charge in [0.05, 0.1) is 24.4 Å². The predicted molar refractivity (Wildman–Crippen MR) is 111 cm³/mol. The third kappa shape index (κ3) is 3.83. The van der Waals surface area contributed by atoms with Crippen LogP contribution in [-0.4, -0.2) is 90.1 Å². The summed E-state index contributed by atoms with van der Waals surface area (Å²) < 4.78 is 18.2. The second kappa shape index (κ2) is 8.70. The van der Waals surface area contributed by atoms with Crippen LogP contribution in [0.3, 0.4) is 0 Å². The Bertz CT molecular complexity index is 711. The van der Waals surface area contributed by atoms with Crippen LogP contribution in [0.5, 0.6) is 0 Å². The van der Waals surface area contributed by atoms with E-state index in [0.29, 0.717) is 13.0 Å². The van der Waals surface area contributed by atoms with E-state index in [1.54, 1.807) is 25.4 Å². The van der Waals surface area contributed by atoms with Crippen LogP contribution >= 0.6 is 11.3 Å². The number of fused-ring (bicyclic) bond motifs is 2. The Kier molecular flexibility index (Phi) is 6.54. The van der Waals surface area contributed by atoms with Crippen molar-refractivity contribution in [3.8, 4) is 0 Å². The van der Waals surface area contributed by atoms with Crippen molar-refractivity contribution in [3.63, 3.8) is 0 Å². The Labute approximate surface area is 180 Å². The minimum absolute atomic E-state index is 0.109. The normalized spacial score (nSPS) is 46.3. The fourth-order valence-corrected chi connectivity index (χ4v) is 5.63. The molecule has 1 unspecified atom stereocenters. The second-order valence-corrected chi connectivity index (χ2v) is 9.62. The van der Waals surface area contributed by atoms with E-state index in [2.05, 4.69) is 16.0 Å². The minimum atomic E-state index is -2.07. The van der Waals surface area contributed by atoms with Gasteiger partial charge >= 0.3 is 0 Å². The molecule has 0 bridgehead atoms. The lowest BCUT2D eigenvalue weighted by molar-refractivity contribution is -0.477. The summed E-state index contributed by atoms with van der Waals surface area (Å²) >= 11 is 1.62. The van der Waals surface area contributed by atoms with E-state index < -0.39 is 42.0 Å². The van der Waals surface area contributed by atoms with E-state index in [-0.39, 0.29) is 25.1 Å². The molecule has 9 nitrogen and oxygen atoms in total. The molecule has 0 aromatic carbocycles. The van der Waals surface area contributed by atoms with Gasteiger partial charge in [0.25, 0.3) is 0 Å². The summed E-state index contributed by atoms with van der Waals surface area (Å²) in [5.41, 5.74) is -1.62. The van der Waals surface area contributed by atoms with Gasteiger partial charge in [0.15, 0.2) is 0 Å². The van der Waals surface area contributed by atoms with Gasteiger partial charge in [-0.2, -0.15) is 0 Å². The van der Waals surface area contributed by atoms with E-state index in [1.807, 2.05) is 24.4 Å². The van der Waals surface area contributed by atoms with Crippen LogP contribution in [0, 0.1) is 0 Å². The summed E-state index contributed by atoms with van der Waals surface area (Å²) in [6.07, 6.45) is -2.54. The Balaban J connectivity index is 1.55. The first kappa shape index (κ1) is 22.5. The van der Waals surface area contributed by atoms with Gasteiger partial charge < -0.3 is 45.5 Å². The number of aliphatic hydroxyl groups is 3. The zero-order valence-electron chi connectivity index (χ0n) is 17.6. The molecule has 0 radical (unpaired) electrons. The molecule has 3 aliphatic rings. The van der Waals surface area contributed by atoms with Gasteiger partial charge in [-0.05, 0) is 38.9 Å². The molecule has 0 spiro atoms. The summed E-state index contributed by atoms with van der Waals surface area (Å²) in [6.45, 7) is 2.53. The minimum Gasteiger partial charge on any atom is -0.390 e. The van der Waals surface area contributed by atoms with Crippen molar-refractivity contribution in [2.24, 2.45) is 0 Å². The van der Waals surface area contributed by atoms with Crippen LogP contribution in [-0.2, 0) is 20.8 Å². The smallest absolute Gasteiger partial charge is 0.249 e. The number of nitrogens with one attached hydrogen (secondary N) is 3. The van der Waals surface area contributed by atoms with Gasteiger partial charge in [0.2, 0.25) is 12.1 Å². The maximum atomic E-state index is 11.6. The molecular formula is C20H33N3O6S. The number of hydrogen-bond donors (Lipinski definition) is 6. The molecule has 3 fully saturated rings. The van der Waals surface area contributed by atoms with Gasteiger partial charge in [-0.15, -0.1) is 11.3 Å². The first-order chi connectivity index (χ1) is 14.3. The average molecular weight is 444 g/mol. The van der Waals surface area contributed by atoms with Crippen molar-refractivity contribution < 1.29 is 29.5 Å². The van der Waals surface area contributed by atoms with Crippen molar-refractivity contribution in [1.29, 1.82) is 0 Å². The molecule has 170 valence electrons. The molecule has 2 saturated heterocycles. The SMILES string of the molecule is CN[C@H]1[C@@H](O)[C@@H](NC)CC2O[C@@H]3O[C@H](C)C[C@@](O)(CNCc4cccs4)[C@]3(O)O[C@@H]21. The van der Waals surface area contributed by atoms with Crippen LogP contribution in [0.2, 0.25) is 0 Å². The fourth-order valence-electron chi connectivity index (χ4n) is 4.96. The lowest BCUT2D eigenvalue weighted by Crippen LogP contribution is -2.79. The number of hydrogen-bond acceptors (Lipinski definition) is 10. The van der Waals surface area contributed by atoms with Crippen LogP contribution in [0.15, 0.2) is 17.5 Å². The Morgan fingerprint density at radius 1 is 1.23 bits per heavy atom. The monoisotopic (exact) mass is 443 g/mol. The fraction of sp³-hybridized carbons (Fsp3) is 0.800. The van der Waals surface area contributed by atoms with E-state index in [4.69, 9.17) is 14.2 Å². The molecule has 9 atom stereocenters. The number of ether oxygens (including phenoxy) is 3. The number of rotatable bonds is 6. The molecule has 4 rings (SSSR count). The largest absolute Gasteiger partial charge is 0.390 e. The molecule has 2 aliphatic heterocycles. The predicted octanol–water partition coefficient (Wildman–Crippen LogP) is -0.883. The van der Waals surface area contributed by atoms with Gasteiger partial charge in [0.1, 0.15) is 11.7 Å². The van der Waals surface area contributed by atoms with Crippen molar-refractivity contribution in [3.05, 3.63) is 22.4 Å². The van der Waals surface area contributed by atoms with Gasteiger partial charge in [-0.25, -0.2) is 0 Å². The standard InChI is InChI=1S/C20H33N3O6S/c1-11-8-19(25,10-23-9-12-5-4-6-30-12)20(26)18(27-11)28-14-7-13(21-2)16(24)15(22-3)17(14)29-20/h4-6,11,13-18,21-26H,7-10H2,1-3H3/t11-,13+,14?,15+,16+,17+,18+,19-,20-/m1/s1. The molecule has 1 saturated carbocycles. The molecule has 3 heterocycles. The number of thiophene rings is 1. The summed E-state index contributed by atoms with van der Waals surface area (Å²) in [7, 11) is 3.52. The number of likely N-dealkylation sites (N-methyl/N-ethyl adjacent to an activating group) is 2. The first-order valence-corrected chi connectivity index (χ1v) is 11.4. The van der Waals surface area contributed by atoms with Crippen molar-refractivity contribution >= 4 is 11.3 Å². The van der Waals surface area contributed by atoms with Gasteiger partial charge in [0, 0.05) is 30.4 Å². The molecule has 1 aromatic rings. The molecule has 30 heavy (non-hydrogen) atoms. The lowest BCUT2D eigenvalue weighted by Gasteiger charge is -2.59. The topological polar surface area (TPSA) is 124 Å². The average Bonchev–Trinajstić information content (AvgIpc) is 3.21. The highest BCUT2D eigenvalue weighted by Gasteiger charge is 2.67. The summed E-state index contributed by atoms with van der Waals surface area (Å²) in [6, 6.07) is 3.31. The zero-order valence-corrected chi connectivity index (χ0v) is 18.4. The lowest BCUT2D eigenvalue weighted by atomic mass is 9.79. The summed E-state index contributed by atoms with van der Waals surface area (Å²) in [4.78, 5) is 1.13. The van der Waals surface area contributed by atoms with E-state index in [1.165, 1.54) is 0 Å². The van der Waals surface area contributed by atoms with Gasteiger partial charge in [-0.3, -0.25) is 0 Å². The summed E-state index contributed by atoms with van der Waals surface area (Å²) in [5, 5.41) is 45.3. The highest BCUT2D eigenvalue weighted by Crippen LogP contribution is 2.46. The van der Waals surface area contributed by atoms with Crippen LogP contribution < -0.4 is 16.0 Å². The summed E-state index contributed by atoms with van der Waals surface area (Å²) in [5.74, 6) is -2.07. The van der Waals surface area contributed by atoms with Gasteiger partial charge in [-0.1, -0.05) is 6.07 Å². The van der Waals surface area contributed by atoms with Crippen molar-refractivity contribution in [2.45, 2.75) is 80.5 Å². The second-order valence-electron chi connectivity index (χ2n) is 8.59. The van der Waals surface area contributed by atoms with Crippen LogP contribution in [0.1, 0.15) is 24.6 Å². The van der Waals surface area contributed by atoms with Crippen LogP contribution in [0.25, 0.3) is 0 Å². The number of aliphatic hydroxyl groups excluding tert-OH is 1. The highest BCUT2D eigenvalue weighted by molar-refractivity contribution is 7.09. The Morgan fingerprint density at radius 2 is 2.03 bits per heavy atom. The Morgan fingerprint density at radius 3 is 2.70 bits per heavy atom. The molecule has 1 aliphatic carbocycles. The maximum absolute atomic E-state index is 11.6. The molecule has 10 heteroatoms. The highest BCUT2D eigenvalue weighted by atomic mass is 32.1.